The second-order valence-corrected chi connectivity index (χ2v) is 7.54. The van der Waals surface area contributed by atoms with E-state index in [1.54, 1.807) is 20.8 Å². The Balaban J connectivity index is 2.19. The number of nitrogens with zero attached hydrogens (tertiary/aromatic N) is 1. The molecule has 0 aromatic heterocycles. The number of phenolic OH excluding ortho intramolecular Hbond substituents is 1. The normalized spacial score (nSPS) is 17.5. The highest BCUT2D eigenvalue weighted by Crippen LogP contribution is 2.27. The minimum absolute atomic E-state index is 0.0492. The van der Waals surface area contributed by atoms with Crippen molar-refractivity contribution in [1.82, 2.24) is 10.2 Å². The summed E-state index contributed by atoms with van der Waals surface area (Å²) in [7, 11) is 0. The van der Waals surface area contributed by atoms with Crippen LogP contribution in [0.4, 0.5) is 18.0 Å². The number of hydrogen-bond donors (Lipinski definition) is 2. The number of benzene rings is 1. The van der Waals surface area contributed by atoms with Gasteiger partial charge in [-0.3, -0.25) is 4.79 Å². The summed E-state index contributed by atoms with van der Waals surface area (Å²) in [6.45, 7) is 3.98. The van der Waals surface area contributed by atoms with Crippen LogP contribution in [0, 0.1) is 5.82 Å². The SMILES string of the molecule is CC(C)(C)OC(=O)NC(Cc1ccc(O)cc1F)C(=O)N1CCC(F)(F)C1. The number of ether oxygens (including phenoxy) is 1. The van der Waals surface area contributed by atoms with Gasteiger partial charge in [0, 0.05) is 25.5 Å². The molecule has 1 heterocycles. The number of alkyl carbamates (subject to hydrolysis) is 1. The summed E-state index contributed by atoms with van der Waals surface area (Å²) in [6.07, 6.45) is -1.65. The highest BCUT2D eigenvalue weighted by molar-refractivity contribution is 5.86. The Hall–Kier alpha value is -2.45. The quantitative estimate of drug-likeness (QED) is 0.832. The highest BCUT2D eigenvalue weighted by atomic mass is 19.3. The number of alkyl halides is 2. The van der Waals surface area contributed by atoms with Gasteiger partial charge < -0.3 is 20.1 Å². The maximum absolute atomic E-state index is 14.0. The molecule has 1 fully saturated rings. The first-order chi connectivity index (χ1) is 12.4. The van der Waals surface area contributed by atoms with Crippen molar-refractivity contribution in [2.45, 2.75) is 51.2 Å². The molecule has 1 saturated heterocycles. The monoisotopic (exact) mass is 388 g/mol. The van der Waals surface area contributed by atoms with Gasteiger partial charge in [-0.1, -0.05) is 6.07 Å². The van der Waals surface area contributed by atoms with Crippen molar-refractivity contribution in [2.24, 2.45) is 0 Å². The van der Waals surface area contributed by atoms with E-state index < -0.39 is 48.3 Å². The van der Waals surface area contributed by atoms with Crippen molar-refractivity contribution in [2.75, 3.05) is 13.1 Å². The molecule has 1 aliphatic rings. The number of likely N-dealkylation sites (tertiary alicyclic amines) is 1. The maximum Gasteiger partial charge on any atom is 0.408 e. The zero-order valence-corrected chi connectivity index (χ0v) is 15.4. The first-order valence-corrected chi connectivity index (χ1v) is 8.50. The molecule has 27 heavy (non-hydrogen) atoms. The predicted molar refractivity (Wildman–Crippen MR) is 91.1 cm³/mol. The van der Waals surface area contributed by atoms with Crippen LogP contribution in [0.25, 0.3) is 0 Å². The number of halogens is 3. The van der Waals surface area contributed by atoms with Gasteiger partial charge in [0.1, 0.15) is 23.2 Å². The van der Waals surface area contributed by atoms with E-state index in [-0.39, 0.29) is 24.3 Å². The van der Waals surface area contributed by atoms with Crippen molar-refractivity contribution in [3.63, 3.8) is 0 Å². The average Bonchev–Trinajstić information content (AvgIpc) is 2.86. The second kappa shape index (κ2) is 7.66. The number of carbonyl (C=O) groups excluding carboxylic acids is 2. The van der Waals surface area contributed by atoms with Crippen LogP contribution in [0.2, 0.25) is 0 Å². The third kappa shape index (κ3) is 6.04. The lowest BCUT2D eigenvalue weighted by atomic mass is 10.0. The van der Waals surface area contributed by atoms with Crippen molar-refractivity contribution >= 4 is 12.0 Å². The molecule has 1 aromatic carbocycles. The van der Waals surface area contributed by atoms with E-state index in [4.69, 9.17) is 4.74 Å². The van der Waals surface area contributed by atoms with Crippen LogP contribution in [0.5, 0.6) is 5.75 Å². The van der Waals surface area contributed by atoms with E-state index in [0.29, 0.717) is 0 Å². The van der Waals surface area contributed by atoms with Crippen LogP contribution in [0.15, 0.2) is 18.2 Å². The Morgan fingerprint density at radius 1 is 1.37 bits per heavy atom. The molecular weight excluding hydrogens is 365 g/mol. The lowest BCUT2D eigenvalue weighted by Crippen LogP contribution is -2.50. The molecule has 0 bridgehead atoms. The van der Waals surface area contributed by atoms with Crippen molar-refractivity contribution in [3.8, 4) is 5.75 Å². The van der Waals surface area contributed by atoms with Gasteiger partial charge in [0.25, 0.3) is 5.92 Å². The zero-order chi connectivity index (χ0) is 20.4. The minimum atomic E-state index is -2.99. The van der Waals surface area contributed by atoms with Crippen LogP contribution in [0.3, 0.4) is 0 Å². The maximum atomic E-state index is 14.0. The topological polar surface area (TPSA) is 78.9 Å². The van der Waals surface area contributed by atoms with Crippen LogP contribution in [-0.2, 0) is 16.0 Å². The third-order valence-electron chi connectivity index (χ3n) is 3.93. The molecule has 1 aliphatic heterocycles. The molecule has 0 spiro atoms. The van der Waals surface area contributed by atoms with Crippen molar-refractivity contribution < 1.29 is 32.6 Å². The Labute approximate surface area is 155 Å². The first kappa shape index (κ1) is 20.9. The standard InChI is InChI=1S/C18H23F3N2O4/c1-17(2,3)27-16(26)22-14(8-11-4-5-12(24)9-13(11)19)15(25)23-7-6-18(20,21)10-23/h4-5,9,14,24H,6-8,10H2,1-3H3,(H,22,26). The number of nitrogens with one attached hydrogen (secondary N) is 1. The molecule has 2 rings (SSSR count). The zero-order valence-electron chi connectivity index (χ0n) is 15.4. The average molecular weight is 388 g/mol. The molecule has 1 unspecified atom stereocenters. The Morgan fingerprint density at radius 3 is 2.56 bits per heavy atom. The lowest BCUT2D eigenvalue weighted by molar-refractivity contribution is -0.133. The van der Waals surface area contributed by atoms with Crippen LogP contribution < -0.4 is 5.32 Å². The van der Waals surface area contributed by atoms with Gasteiger partial charge in [-0.2, -0.15) is 0 Å². The van der Waals surface area contributed by atoms with Crippen LogP contribution in [-0.4, -0.2) is 52.7 Å². The predicted octanol–water partition coefficient (Wildman–Crippen LogP) is 2.83. The van der Waals surface area contributed by atoms with Crippen molar-refractivity contribution in [1.29, 1.82) is 0 Å². The molecule has 150 valence electrons. The number of aromatic hydroxyl groups is 1. The van der Waals surface area contributed by atoms with E-state index >= 15 is 0 Å². The number of rotatable bonds is 4. The highest BCUT2D eigenvalue weighted by Gasteiger charge is 2.42. The van der Waals surface area contributed by atoms with Gasteiger partial charge in [0.15, 0.2) is 0 Å². The van der Waals surface area contributed by atoms with Crippen LogP contribution in [0.1, 0.15) is 32.8 Å². The summed E-state index contributed by atoms with van der Waals surface area (Å²) in [6, 6.07) is 2.08. The number of hydrogen-bond acceptors (Lipinski definition) is 4. The molecule has 2 amide bonds. The number of phenols is 1. The number of amides is 2. The molecule has 0 saturated carbocycles. The molecule has 1 aromatic rings. The van der Waals surface area contributed by atoms with Gasteiger partial charge in [0.2, 0.25) is 5.91 Å². The summed E-state index contributed by atoms with van der Waals surface area (Å²) in [5.41, 5.74) is -0.782. The summed E-state index contributed by atoms with van der Waals surface area (Å²) < 4.78 is 46.0. The van der Waals surface area contributed by atoms with E-state index in [1.807, 2.05) is 0 Å². The summed E-state index contributed by atoms with van der Waals surface area (Å²) in [5, 5.41) is 11.6. The lowest BCUT2D eigenvalue weighted by Gasteiger charge is -2.26. The van der Waals surface area contributed by atoms with Gasteiger partial charge in [-0.05, 0) is 32.4 Å². The Kier molecular flexibility index (Phi) is 5.91. The van der Waals surface area contributed by atoms with Gasteiger partial charge in [-0.25, -0.2) is 18.0 Å². The summed E-state index contributed by atoms with van der Waals surface area (Å²) in [4.78, 5) is 25.7. The largest absolute Gasteiger partial charge is 0.508 e. The summed E-state index contributed by atoms with van der Waals surface area (Å²) in [5.74, 6) is -4.80. The Bertz CT molecular complexity index is 719. The van der Waals surface area contributed by atoms with Gasteiger partial charge in [-0.15, -0.1) is 0 Å². The smallest absolute Gasteiger partial charge is 0.408 e. The van der Waals surface area contributed by atoms with E-state index in [0.717, 1.165) is 11.0 Å². The van der Waals surface area contributed by atoms with E-state index in [9.17, 15) is 27.9 Å². The molecule has 6 nitrogen and oxygen atoms in total. The van der Waals surface area contributed by atoms with Gasteiger partial charge in [0.05, 0.1) is 6.54 Å². The van der Waals surface area contributed by atoms with Gasteiger partial charge >= 0.3 is 6.09 Å². The molecule has 1 atom stereocenters. The molecule has 9 heteroatoms. The molecule has 0 radical (unpaired) electrons. The molecular formula is C18H23F3N2O4. The minimum Gasteiger partial charge on any atom is -0.508 e. The fraction of sp³-hybridized carbons (Fsp3) is 0.556. The van der Waals surface area contributed by atoms with E-state index in [2.05, 4.69) is 5.32 Å². The van der Waals surface area contributed by atoms with Crippen LogP contribution >= 0.6 is 0 Å². The number of carbonyl (C=O) groups is 2. The summed E-state index contributed by atoms with van der Waals surface area (Å²) >= 11 is 0. The fourth-order valence-corrected chi connectivity index (χ4v) is 2.72. The molecule has 0 aliphatic carbocycles. The van der Waals surface area contributed by atoms with Crippen molar-refractivity contribution in [3.05, 3.63) is 29.6 Å². The first-order valence-electron chi connectivity index (χ1n) is 8.50. The van der Waals surface area contributed by atoms with E-state index in [1.165, 1.54) is 12.1 Å². The third-order valence-corrected chi connectivity index (χ3v) is 3.93. The fourth-order valence-electron chi connectivity index (χ4n) is 2.72. The second-order valence-electron chi connectivity index (χ2n) is 7.54. The molecule has 2 N–H and O–H groups in total. The Morgan fingerprint density at radius 2 is 2.04 bits per heavy atom.